The Morgan fingerprint density at radius 1 is 1.38 bits per heavy atom. The van der Waals surface area contributed by atoms with Crippen LogP contribution in [0.25, 0.3) is 5.57 Å². The number of allylic oxidation sites excluding steroid dienone is 2. The van der Waals surface area contributed by atoms with Gasteiger partial charge < -0.3 is 10.1 Å². The van der Waals surface area contributed by atoms with Gasteiger partial charge in [-0.05, 0) is 25.5 Å². The Kier molecular flexibility index (Phi) is 4.90. The number of nitrogens with one attached hydrogen (secondary N) is 1. The Balaban J connectivity index is 0.000000606. The van der Waals surface area contributed by atoms with E-state index in [1.165, 1.54) is 11.1 Å². The van der Waals surface area contributed by atoms with Gasteiger partial charge in [0.25, 0.3) is 0 Å². The molecule has 2 heteroatoms. The van der Waals surface area contributed by atoms with Crippen LogP contribution in [0.15, 0.2) is 24.3 Å². The molecule has 2 rings (SSSR count). The molecule has 1 aliphatic heterocycles. The lowest BCUT2D eigenvalue weighted by Crippen LogP contribution is -2.18. The fraction of sp³-hybridized carbons (Fsp3) is 0.429. The van der Waals surface area contributed by atoms with Gasteiger partial charge in [0.1, 0.15) is 12.4 Å². The molecule has 1 aliphatic rings. The third-order valence-electron chi connectivity index (χ3n) is 2.54. The van der Waals surface area contributed by atoms with E-state index in [0.717, 1.165) is 24.6 Å². The number of hydrogen-bond acceptors (Lipinski definition) is 2. The van der Waals surface area contributed by atoms with Crippen molar-refractivity contribution in [3.05, 3.63) is 29.8 Å². The summed E-state index contributed by atoms with van der Waals surface area (Å²) in [7, 11) is 0. The summed E-state index contributed by atoms with van der Waals surface area (Å²) in [6.07, 6.45) is 2.10. The normalized spacial score (nSPS) is 13.9. The standard InChI is InChI=1S/C12H15NO.C2H6/c1-3-9(2)10-5-4-6-11-12(10)14-8-7-13-11;1-2/h3-6,13H,7-8H2,1-2H3;1-2H3/b9-3-;. The summed E-state index contributed by atoms with van der Waals surface area (Å²) in [6.45, 7) is 9.80. The van der Waals surface area contributed by atoms with E-state index >= 15 is 0 Å². The third kappa shape index (κ3) is 2.57. The van der Waals surface area contributed by atoms with Gasteiger partial charge in [-0.1, -0.05) is 32.1 Å². The lowest BCUT2D eigenvalue weighted by Gasteiger charge is -2.21. The summed E-state index contributed by atoms with van der Waals surface area (Å²) in [5.74, 6) is 0.995. The maximum absolute atomic E-state index is 5.67. The first-order chi connectivity index (χ1) is 7.83. The molecule has 1 heterocycles. The van der Waals surface area contributed by atoms with Gasteiger partial charge in [-0.3, -0.25) is 0 Å². The zero-order valence-electron chi connectivity index (χ0n) is 10.6. The van der Waals surface area contributed by atoms with E-state index in [2.05, 4.69) is 36.5 Å². The number of hydrogen-bond donors (Lipinski definition) is 1. The maximum Gasteiger partial charge on any atom is 0.149 e. The minimum absolute atomic E-state index is 0.751. The second kappa shape index (κ2) is 6.21. The van der Waals surface area contributed by atoms with E-state index in [1.807, 2.05) is 20.8 Å². The van der Waals surface area contributed by atoms with E-state index in [0.29, 0.717) is 0 Å². The van der Waals surface area contributed by atoms with Crippen molar-refractivity contribution in [3.8, 4) is 5.75 Å². The number of para-hydroxylation sites is 1. The van der Waals surface area contributed by atoms with Crippen molar-refractivity contribution < 1.29 is 4.74 Å². The average Bonchev–Trinajstić information content (AvgIpc) is 2.39. The molecule has 0 amide bonds. The zero-order chi connectivity index (χ0) is 12.0. The van der Waals surface area contributed by atoms with Crippen LogP contribution >= 0.6 is 0 Å². The first kappa shape index (κ1) is 12.6. The summed E-state index contributed by atoms with van der Waals surface area (Å²) in [4.78, 5) is 0. The average molecular weight is 219 g/mol. The second-order valence-electron chi connectivity index (χ2n) is 3.43. The molecule has 1 aromatic carbocycles. The van der Waals surface area contributed by atoms with Crippen molar-refractivity contribution in [3.63, 3.8) is 0 Å². The van der Waals surface area contributed by atoms with Crippen LogP contribution in [0.4, 0.5) is 5.69 Å². The summed E-state index contributed by atoms with van der Waals surface area (Å²) in [5, 5.41) is 3.33. The highest BCUT2D eigenvalue weighted by molar-refractivity contribution is 5.76. The maximum atomic E-state index is 5.67. The molecule has 16 heavy (non-hydrogen) atoms. The molecule has 0 saturated heterocycles. The van der Waals surface area contributed by atoms with Crippen LogP contribution in [-0.2, 0) is 0 Å². The van der Waals surface area contributed by atoms with E-state index in [9.17, 15) is 0 Å². The predicted octanol–water partition coefficient (Wildman–Crippen LogP) is 3.94. The molecular weight excluding hydrogens is 198 g/mol. The third-order valence-corrected chi connectivity index (χ3v) is 2.54. The summed E-state index contributed by atoms with van der Waals surface area (Å²) < 4.78 is 5.67. The van der Waals surface area contributed by atoms with E-state index < -0.39 is 0 Å². The molecule has 88 valence electrons. The highest BCUT2D eigenvalue weighted by atomic mass is 16.5. The van der Waals surface area contributed by atoms with Crippen LogP contribution in [0.1, 0.15) is 33.3 Å². The van der Waals surface area contributed by atoms with E-state index in [1.54, 1.807) is 0 Å². The summed E-state index contributed by atoms with van der Waals surface area (Å²) >= 11 is 0. The minimum atomic E-state index is 0.751. The number of rotatable bonds is 1. The lowest BCUT2D eigenvalue weighted by molar-refractivity contribution is 0.322. The summed E-state index contributed by atoms with van der Waals surface area (Å²) in [5.41, 5.74) is 3.55. The van der Waals surface area contributed by atoms with Crippen LogP contribution in [0.2, 0.25) is 0 Å². The number of ether oxygens (including phenoxy) is 1. The Morgan fingerprint density at radius 2 is 2.12 bits per heavy atom. The Morgan fingerprint density at radius 3 is 2.81 bits per heavy atom. The fourth-order valence-corrected chi connectivity index (χ4v) is 1.64. The van der Waals surface area contributed by atoms with Gasteiger partial charge in [-0.2, -0.15) is 0 Å². The van der Waals surface area contributed by atoms with Gasteiger partial charge in [-0.15, -0.1) is 0 Å². The number of fused-ring (bicyclic) bond motifs is 1. The van der Waals surface area contributed by atoms with Gasteiger partial charge in [-0.25, -0.2) is 0 Å². The van der Waals surface area contributed by atoms with Gasteiger partial charge in [0.05, 0.1) is 5.69 Å². The van der Waals surface area contributed by atoms with Crippen molar-refractivity contribution in [2.24, 2.45) is 0 Å². The van der Waals surface area contributed by atoms with Gasteiger partial charge >= 0.3 is 0 Å². The zero-order valence-corrected chi connectivity index (χ0v) is 10.6. The van der Waals surface area contributed by atoms with Crippen molar-refractivity contribution in [2.75, 3.05) is 18.5 Å². The first-order valence-electron chi connectivity index (χ1n) is 5.96. The Labute approximate surface area is 98.3 Å². The summed E-state index contributed by atoms with van der Waals surface area (Å²) in [6, 6.07) is 6.21. The molecule has 0 saturated carbocycles. The molecular formula is C14H21NO. The fourth-order valence-electron chi connectivity index (χ4n) is 1.64. The van der Waals surface area contributed by atoms with Crippen molar-refractivity contribution in [1.82, 2.24) is 0 Å². The quantitative estimate of drug-likeness (QED) is 0.772. The van der Waals surface area contributed by atoms with Crippen LogP contribution in [0.5, 0.6) is 5.75 Å². The number of anilines is 1. The van der Waals surface area contributed by atoms with Crippen molar-refractivity contribution >= 4 is 11.3 Å². The number of benzene rings is 1. The monoisotopic (exact) mass is 219 g/mol. The minimum Gasteiger partial charge on any atom is -0.489 e. The molecule has 0 atom stereocenters. The predicted molar refractivity (Wildman–Crippen MR) is 71.1 cm³/mol. The molecule has 0 bridgehead atoms. The van der Waals surface area contributed by atoms with Gasteiger partial charge in [0.15, 0.2) is 0 Å². The molecule has 1 N–H and O–H groups in total. The second-order valence-corrected chi connectivity index (χ2v) is 3.43. The van der Waals surface area contributed by atoms with Crippen LogP contribution in [0.3, 0.4) is 0 Å². The van der Waals surface area contributed by atoms with Crippen molar-refractivity contribution in [2.45, 2.75) is 27.7 Å². The topological polar surface area (TPSA) is 21.3 Å². The largest absolute Gasteiger partial charge is 0.489 e. The van der Waals surface area contributed by atoms with E-state index in [4.69, 9.17) is 4.74 Å². The van der Waals surface area contributed by atoms with Crippen molar-refractivity contribution in [1.29, 1.82) is 0 Å². The highest BCUT2D eigenvalue weighted by Crippen LogP contribution is 2.34. The highest BCUT2D eigenvalue weighted by Gasteiger charge is 2.13. The molecule has 0 aromatic heterocycles. The Bertz CT molecular complexity index is 369. The molecule has 0 unspecified atom stereocenters. The van der Waals surface area contributed by atoms with Gasteiger partial charge in [0, 0.05) is 12.1 Å². The first-order valence-corrected chi connectivity index (χ1v) is 5.96. The smallest absolute Gasteiger partial charge is 0.149 e. The van der Waals surface area contributed by atoms with Crippen LogP contribution in [-0.4, -0.2) is 13.2 Å². The SMILES string of the molecule is C/C=C(/C)c1cccc2c1OCCN2.CC. The molecule has 0 fully saturated rings. The molecule has 0 aliphatic carbocycles. The van der Waals surface area contributed by atoms with Crippen LogP contribution < -0.4 is 10.1 Å². The van der Waals surface area contributed by atoms with E-state index in [-0.39, 0.29) is 0 Å². The van der Waals surface area contributed by atoms with Crippen LogP contribution in [0, 0.1) is 0 Å². The van der Waals surface area contributed by atoms with Gasteiger partial charge in [0.2, 0.25) is 0 Å². The molecule has 1 aromatic rings. The molecule has 0 radical (unpaired) electrons. The lowest BCUT2D eigenvalue weighted by atomic mass is 10.0. The Hall–Kier alpha value is -1.44. The molecule has 0 spiro atoms. The molecule has 2 nitrogen and oxygen atoms in total.